The van der Waals surface area contributed by atoms with Crippen LogP contribution >= 0.6 is 0 Å². The van der Waals surface area contributed by atoms with Gasteiger partial charge in [-0.25, -0.2) is 0 Å². The molecule has 2 N–H and O–H groups in total. The van der Waals surface area contributed by atoms with Crippen LogP contribution in [-0.4, -0.2) is 30.3 Å². The second-order valence-corrected chi connectivity index (χ2v) is 5.40. The Kier molecular flexibility index (Phi) is 4.06. The zero-order valence-electron chi connectivity index (χ0n) is 11.8. The molecular formula is C17H19NO3. The number of piperidine rings is 1. The first-order valence-corrected chi connectivity index (χ1v) is 7.34. The van der Waals surface area contributed by atoms with Crippen molar-refractivity contribution in [1.29, 1.82) is 0 Å². The molecule has 0 spiro atoms. The molecule has 0 aliphatic carbocycles. The Labute approximate surface area is 123 Å². The molecule has 0 saturated carbocycles. The van der Waals surface area contributed by atoms with Gasteiger partial charge in [-0.15, -0.1) is 0 Å². The third-order valence-electron chi connectivity index (χ3n) is 3.91. The number of carboxylic acids is 1. The first-order valence-electron chi connectivity index (χ1n) is 7.34. The normalized spacial score (nSPS) is 16.0. The van der Waals surface area contributed by atoms with Gasteiger partial charge in [0.1, 0.15) is 11.9 Å². The van der Waals surface area contributed by atoms with Crippen molar-refractivity contribution in [3.63, 3.8) is 0 Å². The number of hydrogen-bond acceptors (Lipinski definition) is 3. The second-order valence-electron chi connectivity index (χ2n) is 5.40. The van der Waals surface area contributed by atoms with Crippen molar-refractivity contribution in [2.24, 2.45) is 0 Å². The number of carbonyl (C=O) groups is 1. The van der Waals surface area contributed by atoms with E-state index in [4.69, 9.17) is 4.74 Å². The summed E-state index contributed by atoms with van der Waals surface area (Å²) in [5.74, 6) is -0.121. The maximum Gasteiger partial charge on any atom is 0.307 e. The Morgan fingerprint density at radius 2 is 1.95 bits per heavy atom. The van der Waals surface area contributed by atoms with Gasteiger partial charge in [-0.1, -0.05) is 30.3 Å². The SMILES string of the molecule is O=C(O)Cc1c(OC2CCNCC2)ccc2ccccc12. The molecule has 0 atom stereocenters. The number of nitrogens with one attached hydrogen (secondary N) is 1. The largest absolute Gasteiger partial charge is 0.490 e. The number of rotatable bonds is 4. The summed E-state index contributed by atoms with van der Waals surface area (Å²) < 4.78 is 6.09. The highest BCUT2D eigenvalue weighted by molar-refractivity contribution is 5.90. The molecule has 1 fully saturated rings. The predicted octanol–water partition coefficient (Wildman–Crippen LogP) is 2.60. The lowest BCUT2D eigenvalue weighted by Crippen LogP contribution is -2.34. The molecule has 4 heteroatoms. The molecule has 1 aliphatic rings. The van der Waals surface area contributed by atoms with E-state index in [0.29, 0.717) is 5.75 Å². The van der Waals surface area contributed by atoms with Gasteiger partial charge in [0.25, 0.3) is 0 Å². The van der Waals surface area contributed by atoms with Crippen LogP contribution in [0.3, 0.4) is 0 Å². The lowest BCUT2D eigenvalue weighted by Gasteiger charge is -2.25. The van der Waals surface area contributed by atoms with E-state index >= 15 is 0 Å². The summed E-state index contributed by atoms with van der Waals surface area (Å²) in [5.41, 5.74) is 0.777. The molecule has 4 nitrogen and oxygen atoms in total. The molecule has 21 heavy (non-hydrogen) atoms. The molecule has 0 unspecified atom stereocenters. The third-order valence-corrected chi connectivity index (χ3v) is 3.91. The number of aliphatic carboxylic acids is 1. The average molecular weight is 285 g/mol. The zero-order chi connectivity index (χ0) is 14.7. The predicted molar refractivity (Wildman–Crippen MR) is 81.8 cm³/mol. The van der Waals surface area contributed by atoms with E-state index in [1.807, 2.05) is 36.4 Å². The van der Waals surface area contributed by atoms with Crippen LogP contribution in [0, 0.1) is 0 Å². The number of hydrogen-bond donors (Lipinski definition) is 2. The van der Waals surface area contributed by atoms with Crippen LogP contribution in [0.4, 0.5) is 0 Å². The summed E-state index contributed by atoms with van der Waals surface area (Å²) in [7, 11) is 0. The molecule has 110 valence electrons. The third kappa shape index (κ3) is 3.16. The van der Waals surface area contributed by atoms with Gasteiger partial charge in [0.05, 0.1) is 6.42 Å². The molecule has 2 aromatic rings. The maximum atomic E-state index is 11.2. The van der Waals surface area contributed by atoms with Crippen molar-refractivity contribution in [2.75, 3.05) is 13.1 Å². The van der Waals surface area contributed by atoms with Gasteiger partial charge in [0, 0.05) is 5.56 Å². The van der Waals surface area contributed by atoms with E-state index in [9.17, 15) is 9.90 Å². The number of carboxylic acid groups (broad SMARTS) is 1. The van der Waals surface area contributed by atoms with Crippen LogP contribution in [0.25, 0.3) is 10.8 Å². The monoisotopic (exact) mass is 285 g/mol. The van der Waals surface area contributed by atoms with Gasteiger partial charge in [0.15, 0.2) is 0 Å². The Balaban J connectivity index is 1.97. The van der Waals surface area contributed by atoms with Gasteiger partial charge in [-0.05, 0) is 42.8 Å². The van der Waals surface area contributed by atoms with Crippen LogP contribution in [0.5, 0.6) is 5.75 Å². The Morgan fingerprint density at radius 3 is 2.71 bits per heavy atom. The summed E-state index contributed by atoms with van der Waals surface area (Å²) >= 11 is 0. The van der Waals surface area contributed by atoms with Crippen LogP contribution < -0.4 is 10.1 Å². The van der Waals surface area contributed by atoms with Gasteiger partial charge in [-0.2, -0.15) is 0 Å². The molecule has 2 aromatic carbocycles. The van der Waals surface area contributed by atoms with Gasteiger partial charge >= 0.3 is 5.97 Å². The lowest BCUT2D eigenvalue weighted by molar-refractivity contribution is -0.136. The van der Waals surface area contributed by atoms with E-state index in [1.165, 1.54) is 0 Å². The molecule has 1 saturated heterocycles. The van der Waals surface area contributed by atoms with E-state index in [1.54, 1.807) is 0 Å². The molecule has 0 aromatic heterocycles. The van der Waals surface area contributed by atoms with E-state index in [-0.39, 0.29) is 12.5 Å². The first-order chi connectivity index (χ1) is 10.2. The molecule has 1 aliphatic heterocycles. The Bertz CT molecular complexity index is 648. The number of benzene rings is 2. The summed E-state index contributed by atoms with van der Waals surface area (Å²) in [6, 6.07) is 11.7. The number of ether oxygens (including phenoxy) is 1. The Morgan fingerprint density at radius 1 is 1.19 bits per heavy atom. The van der Waals surface area contributed by atoms with Crippen LogP contribution in [-0.2, 0) is 11.2 Å². The molecular weight excluding hydrogens is 266 g/mol. The second kappa shape index (κ2) is 6.14. The number of fused-ring (bicyclic) bond motifs is 1. The molecule has 0 amide bonds. The quantitative estimate of drug-likeness (QED) is 0.906. The van der Waals surface area contributed by atoms with Crippen molar-refractivity contribution in [2.45, 2.75) is 25.4 Å². The van der Waals surface area contributed by atoms with E-state index < -0.39 is 5.97 Å². The van der Waals surface area contributed by atoms with Crippen molar-refractivity contribution in [1.82, 2.24) is 5.32 Å². The van der Waals surface area contributed by atoms with E-state index in [2.05, 4.69) is 5.32 Å². The van der Waals surface area contributed by atoms with Gasteiger partial charge in [0.2, 0.25) is 0 Å². The standard InChI is InChI=1S/C17H19NO3/c19-17(20)11-15-14-4-2-1-3-12(14)5-6-16(15)21-13-7-9-18-10-8-13/h1-6,13,18H,7-11H2,(H,19,20). The highest BCUT2D eigenvalue weighted by Gasteiger charge is 2.18. The fourth-order valence-corrected chi connectivity index (χ4v) is 2.85. The topological polar surface area (TPSA) is 58.6 Å². The Hall–Kier alpha value is -2.07. The van der Waals surface area contributed by atoms with Crippen LogP contribution in [0.2, 0.25) is 0 Å². The minimum absolute atomic E-state index is 0.0122. The summed E-state index contributed by atoms with van der Waals surface area (Å²) in [6.07, 6.45) is 2.07. The summed E-state index contributed by atoms with van der Waals surface area (Å²) in [5, 5.41) is 14.5. The zero-order valence-corrected chi connectivity index (χ0v) is 11.8. The van der Waals surface area contributed by atoms with Crippen LogP contribution in [0.1, 0.15) is 18.4 Å². The van der Waals surface area contributed by atoms with Crippen molar-refractivity contribution in [3.8, 4) is 5.75 Å². The fourth-order valence-electron chi connectivity index (χ4n) is 2.85. The minimum atomic E-state index is -0.832. The molecule has 0 bridgehead atoms. The molecule has 1 heterocycles. The average Bonchev–Trinajstić information content (AvgIpc) is 2.50. The van der Waals surface area contributed by atoms with Crippen molar-refractivity contribution < 1.29 is 14.6 Å². The highest BCUT2D eigenvalue weighted by atomic mass is 16.5. The molecule has 0 radical (unpaired) electrons. The highest BCUT2D eigenvalue weighted by Crippen LogP contribution is 2.30. The van der Waals surface area contributed by atoms with Crippen molar-refractivity contribution in [3.05, 3.63) is 42.0 Å². The van der Waals surface area contributed by atoms with Gasteiger partial charge < -0.3 is 15.2 Å². The minimum Gasteiger partial charge on any atom is -0.490 e. The van der Waals surface area contributed by atoms with Crippen LogP contribution in [0.15, 0.2) is 36.4 Å². The smallest absolute Gasteiger partial charge is 0.307 e. The van der Waals surface area contributed by atoms with Crippen molar-refractivity contribution >= 4 is 16.7 Å². The van der Waals surface area contributed by atoms with E-state index in [0.717, 1.165) is 42.3 Å². The summed E-state index contributed by atoms with van der Waals surface area (Å²) in [4.78, 5) is 11.2. The summed E-state index contributed by atoms with van der Waals surface area (Å²) in [6.45, 7) is 1.90. The lowest BCUT2D eigenvalue weighted by atomic mass is 10.0. The first kappa shape index (κ1) is 13.9. The van der Waals surface area contributed by atoms with Gasteiger partial charge in [-0.3, -0.25) is 4.79 Å². The fraction of sp³-hybridized carbons (Fsp3) is 0.353. The maximum absolute atomic E-state index is 11.2. The molecule has 3 rings (SSSR count).